The quantitative estimate of drug-likeness (QED) is 0.483. The maximum atomic E-state index is 10.7. The van der Waals surface area contributed by atoms with Crippen molar-refractivity contribution in [1.29, 1.82) is 0 Å². The number of hydrogen-bond acceptors (Lipinski definition) is 5. The zero-order chi connectivity index (χ0) is 20.4. The predicted octanol–water partition coefficient (Wildman–Crippen LogP) is 4.95. The van der Waals surface area contributed by atoms with E-state index >= 15 is 0 Å². The Balaban J connectivity index is 2.64. The summed E-state index contributed by atoms with van der Waals surface area (Å²) in [4.78, 5) is 0. The number of fused-ring (bicyclic) bond motifs is 2. The van der Waals surface area contributed by atoms with Crippen LogP contribution in [0.2, 0.25) is 0 Å². The van der Waals surface area contributed by atoms with Crippen LogP contribution < -0.4 is 18.9 Å². The number of allylic oxidation sites excluding steroid dienone is 1. The van der Waals surface area contributed by atoms with Crippen LogP contribution in [-0.2, 0) is 0 Å². The topological polar surface area (TPSA) is 57.2 Å². The number of methoxy groups -OCH3 is 4. The van der Waals surface area contributed by atoms with Crippen LogP contribution in [0, 0.1) is 6.92 Å². The maximum absolute atomic E-state index is 10.7. The first kappa shape index (κ1) is 19.8. The summed E-state index contributed by atoms with van der Waals surface area (Å²) < 4.78 is 23.0. The molecule has 3 aromatic carbocycles. The van der Waals surface area contributed by atoms with E-state index in [4.69, 9.17) is 18.9 Å². The van der Waals surface area contributed by atoms with Crippen molar-refractivity contribution in [3.05, 3.63) is 47.5 Å². The molecule has 0 heterocycles. The Kier molecular flexibility index (Phi) is 5.66. The first-order valence-corrected chi connectivity index (χ1v) is 9.06. The normalized spacial score (nSPS) is 12.5. The van der Waals surface area contributed by atoms with Crippen molar-refractivity contribution in [3.8, 4) is 23.0 Å². The zero-order valence-electron chi connectivity index (χ0n) is 17.1. The second-order valence-electron chi connectivity index (χ2n) is 6.48. The third kappa shape index (κ3) is 2.92. The van der Waals surface area contributed by atoms with Crippen LogP contribution in [0.5, 0.6) is 23.0 Å². The Hall–Kier alpha value is -2.92. The highest BCUT2D eigenvalue weighted by Crippen LogP contribution is 2.51. The molecule has 1 unspecified atom stereocenters. The van der Waals surface area contributed by atoms with Crippen LogP contribution in [0.25, 0.3) is 21.5 Å². The standard InChI is InChI=1S/C23H26O5/c1-7-9-16(24)18-13(2)12-15-20(22(18)27-5)23(28-6)19-14(21(15)26-4)10-8-11-17(19)25-3/h7-12,16,24H,1-6H3/b9-7+. The highest BCUT2D eigenvalue weighted by atomic mass is 16.5. The summed E-state index contributed by atoms with van der Waals surface area (Å²) in [5.74, 6) is 2.56. The van der Waals surface area contributed by atoms with Crippen molar-refractivity contribution in [1.82, 2.24) is 0 Å². The Morgan fingerprint density at radius 2 is 1.54 bits per heavy atom. The van der Waals surface area contributed by atoms with Crippen LogP contribution in [-0.4, -0.2) is 33.5 Å². The van der Waals surface area contributed by atoms with Gasteiger partial charge in [-0.05, 0) is 31.5 Å². The van der Waals surface area contributed by atoms with E-state index in [2.05, 4.69) is 0 Å². The van der Waals surface area contributed by atoms with Crippen molar-refractivity contribution in [2.75, 3.05) is 28.4 Å². The summed E-state index contributed by atoms with van der Waals surface area (Å²) in [5.41, 5.74) is 1.60. The van der Waals surface area contributed by atoms with Gasteiger partial charge in [-0.3, -0.25) is 0 Å². The molecule has 0 saturated heterocycles. The van der Waals surface area contributed by atoms with Gasteiger partial charge in [-0.2, -0.15) is 0 Å². The molecule has 0 fully saturated rings. The van der Waals surface area contributed by atoms with Gasteiger partial charge in [-0.1, -0.05) is 24.3 Å². The van der Waals surface area contributed by atoms with Gasteiger partial charge in [0.05, 0.1) is 39.2 Å². The molecular formula is C23H26O5. The molecule has 0 aliphatic heterocycles. The van der Waals surface area contributed by atoms with Gasteiger partial charge in [0, 0.05) is 16.3 Å². The van der Waals surface area contributed by atoms with Crippen molar-refractivity contribution < 1.29 is 24.1 Å². The van der Waals surface area contributed by atoms with E-state index in [0.717, 1.165) is 27.1 Å². The van der Waals surface area contributed by atoms with E-state index in [0.29, 0.717) is 28.6 Å². The molecule has 1 atom stereocenters. The molecule has 0 aliphatic rings. The van der Waals surface area contributed by atoms with E-state index < -0.39 is 6.10 Å². The molecule has 5 heteroatoms. The monoisotopic (exact) mass is 382 g/mol. The van der Waals surface area contributed by atoms with Crippen LogP contribution in [0.15, 0.2) is 36.4 Å². The van der Waals surface area contributed by atoms with Crippen molar-refractivity contribution in [3.63, 3.8) is 0 Å². The van der Waals surface area contributed by atoms with Crippen molar-refractivity contribution in [2.24, 2.45) is 0 Å². The van der Waals surface area contributed by atoms with E-state index in [9.17, 15) is 5.11 Å². The molecule has 0 spiro atoms. The van der Waals surface area contributed by atoms with Crippen LogP contribution in [0.1, 0.15) is 24.2 Å². The molecule has 0 aliphatic carbocycles. The third-order valence-corrected chi connectivity index (χ3v) is 5.00. The average Bonchev–Trinajstić information content (AvgIpc) is 2.70. The summed E-state index contributed by atoms with van der Waals surface area (Å²) in [6, 6.07) is 7.78. The second kappa shape index (κ2) is 7.98. The molecule has 0 amide bonds. The van der Waals surface area contributed by atoms with Crippen LogP contribution in [0.3, 0.4) is 0 Å². The van der Waals surface area contributed by atoms with Gasteiger partial charge in [-0.25, -0.2) is 0 Å². The molecule has 3 rings (SSSR count). The molecule has 1 N–H and O–H groups in total. The maximum Gasteiger partial charge on any atom is 0.142 e. The van der Waals surface area contributed by atoms with Crippen molar-refractivity contribution in [2.45, 2.75) is 20.0 Å². The van der Waals surface area contributed by atoms with E-state index in [1.165, 1.54) is 0 Å². The lowest BCUT2D eigenvalue weighted by atomic mass is 9.92. The van der Waals surface area contributed by atoms with Crippen LogP contribution in [0.4, 0.5) is 0 Å². The van der Waals surface area contributed by atoms with Gasteiger partial charge < -0.3 is 24.1 Å². The predicted molar refractivity (Wildman–Crippen MR) is 112 cm³/mol. The second-order valence-corrected chi connectivity index (χ2v) is 6.48. The summed E-state index contributed by atoms with van der Waals surface area (Å²) in [7, 11) is 6.48. The minimum Gasteiger partial charge on any atom is -0.496 e. The fourth-order valence-corrected chi connectivity index (χ4v) is 3.88. The number of aliphatic hydroxyl groups excluding tert-OH is 1. The third-order valence-electron chi connectivity index (χ3n) is 5.00. The summed E-state index contributed by atoms with van der Waals surface area (Å²) >= 11 is 0. The first-order valence-electron chi connectivity index (χ1n) is 9.06. The first-order chi connectivity index (χ1) is 13.5. The molecule has 0 aromatic heterocycles. The minimum absolute atomic E-state index is 0.559. The fraction of sp³-hybridized carbons (Fsp3) is 0.304. The molecule has 5 nitrogen and oxygen atoms in total. The highest BCUT2D eigenvalue weighted by molar-refractivity contribution is 6.15. The number of ether oxygens (including phenoxy) is 4. The summed E-state index contributed by atoms with van der Waals surface area (Å²) in [6.45, 7) is 3.82. The Bertz CT molecular complexity index is 1050. The Labute approximate surface area is 165 Å². The highest BCUT2D eigenvalue weighted by Gasteiger charge is 2.26. The molecule has 0 bridgehead atoms. The lowest BCUT2D eigenvalue weighted by molar-refractivity contribution is 0.222. The Morgan fingerprint density at radius 1 is 0.857 bits per heavy atom. The number of rotatable bonds is 6. The number of aryl methyl sites for hydroxylation is 1. The summed E-state index contributed by atoms with van der Waals surface area (Å²) in [6.07, 6.45) is 2.74. The molecule has 28 heavy (non-hydrogen) atoms. The molecule has 0 radical (unpaired) electrons. The Morgan fingerprint density at radius 3 is 2.11 bits per heavy atom. The van der Waals surface area contributed by atoms with Gasteiger partial charge in [0.25, 0.3) is 0 Å². The average molecular weight is 382 g/mol. The summed E-state index contributed by atoms with van der Waals surface area (Å²) in [5, 5.41) is 14.0. The molecular weight excluding hydrogens is 356 g/mol. The lowest BCUT2D eigenvalue weighted by Crippen LogP contribution is -2.04. The SMILES string of the molecule is C/C=C/C(O)c1c(C)cc2c(OC)c3cccc(OC)c3c(OC)c2c1OC. The van der Waals surface area contributed by atoms with E-state index in [-0.39, 0.29) is 0 Å². The number of benzene rings is 3. The minimum atomic E-state index is -0.798. The molecule has 0 saturated carbocycles. The lowest BCUT2D eigenvalue weighted by Gasteiger charge is -2.22. The smallest absolute Gasteiger partial charge is 0.142 e. The van der Waals surface area contributed by atoms with E-state index in [1.54, 1.807) is 34.5 Å². The van der Waals surface area contributed by atoms with Gasteiger partial charge in [0.1, 0.15) is 29.1 Å². The van der Waals surface area contributed by atoms with Crippen LogP contribution >= 0.6 is 0 Å². The van der Waals surface area contributed by atoms with Crippen molar-refractivity contribution >= 4 is 21.5 Å². The largest absolute Gasteiger partial charge is 0.496 e. The van der Waals surface area contributed by atoms with Gasteiger partial charge in [0.15, 0.2) is 0 Å². The molecule has 148 valence electrons. The number of aliphatic hydroxyl groups is 1. The zero-order valence-corrected chi connectivity index (χ0v) is 17.1. The van der Waals surface area contributed by atoms with E-state index in [1.807, 2.05) is 44.2 Å². The fourth-order valence-electron chi connectivity index (χ4n) is 3.88. The number of hydrogen-bond donors (Lipinski definition) is 1. The van der Waals surface area contributed by atoms with Gasteiger partial charge in [0.2, 0.25) is 0 Å². The van der Waals surface area contributed by atoms with Gasteiger partial charge in [-0.15, -0.1) is 0 Å². The van der Waals surface area contributed by atoms with Gasteiger partial charge >= 0.3 is 0 Å². The molecule has 3 aromatic rings.